The van der Waals surface area contributed by atoms with Gasteiger partial charge in [-0.2, -0.15) is 0 Å². The van der Waals surface area contributed by atoms with Crippen LogP contribution >= 0.6 is 24.0 Å². The molecule has 0 bridgehead atoms. The molecule has 2 rings (SSSR count). The van der Waals surface area contributed by atoms with Crippen LogP contribution in [0.4, 0.5) is 5.69 Å². The number of methoxy groups -OCH3 is 1. The van der Waals surface area contributed by atoms with Gasteiger partial charge in [0.15, 0.2) is 5.96 Å². The van der Waals surface area contributed by atoms with Crippen LogP contribution in [0.2, 0.25) is 0 Å². The molecule has 1 saturated carbocycles. The molecule has 0 unspecified atom stereocenters. The van der Waals surface area contributed by atoms with Crippen molar-refractivity contribution in [1.29, 1.82) is 0 Å². The fourth-order valence-corrected chi connectivity index (χ4v) is 2.31. The quantitative estimate of drug-likeness (QED) is 0.373. The normalized spacial score (nSPS) is 15.9. The lowest BCUT2D eigenvalue weighted by atomic mass is 10.0. The van der Waals surface area contributed by atoms with Crippen LogP contribution in [0.15, 0.2) is 29.3 Å². The predicted octanol–water partition coefficient (Wildman–Crippen LogP) is 3.64. The maximum Gasteiger partial charge on any atom is 0.193 e. The molecule has 1 fully saturated rings. The lowest BCUT2D eigenvalue weighted by molar-refractivity contribution is 0.174. The number of halogens is 1. The van der Waals surface area contributed by atoms with Gasteiger partial charge in [-0.15, -0.1) is 24.0 Å². The van der Waals surface area contributed by atoms with Crippen molar-refractivity contribution in [3.63, 3.8) is 0 Å². The van der Waals surface area contributed by atoms with E-state index in [2.05, 4.69) is 10.3 Å². The van der Waals surface area contributed by atoms with Gasteiger partial charge in [-0.05, 0) is 62.8 Å². The molecule has 130 valence electrons. The van der Waals surface area contributed by atoms with Crippen LogP contribution < -0.4 is 15.8 Å². The van der Waals surface area contributed by atoms with Crippen molar-refractivity contribution in [2.75, 3.05) is 25.6 Å². The van der Waals surface area contributed by atoms with E-state index in [0.29, 0.717) is 11.4 Å². The van der Waals surface area contributed by atoms with Crippen molar-refractivity contribution < 1.29 is 9.47 Å². The van der Waals surface area contributed by atoms with E-state index in [9.17, 15) is 0 Å². The molecule has 0 radical (unpaired) electrons. The maximum absolute atomic E-state index is 5.96. The lowest BCUT2D eigenvalue weighted by Gasteiger charge is -2.13. The number of nitrogens with one attached hydrogen (secondary N) is 1. The Kier molecular flexibility index (Phi) is 8.11. The second kappa shape index (κ2) is 9.32. The average Bonchev–Trinajstić information content (AvgIpc) is 3.25. The minimum atomic E-state index is 0. The zero-order valence-corrected chi connectivity index (χ0v) is 16.5. The van der Waals surface area contributed by atoms with Gasteiger partial charge in [0, 0.05) is 25.9 Å². The molecular formula is C17H28IN3O2. The molecule has 1 aliphatic rings. The zero-order chi connectivity index (χ0) is 16.0. The van der Waals surface area contributed by atoms with Gasteiger partial charge in [0.05, 0.1) is 6.10 Å². The summed E-state index contributed by atoms with van der Waals surface area (Å²) in [6, 6.07) is 7.74. The predicted molar refractivity (Wildman–Crippen MR) is 106 cm³/mol. The summed E-state index contributed by atoms with van der Waals surface area (Å²) in [6.07, 6.45) is 3.66. The fourth-order valence-electron chi connectivity index (χ4n) is 2.31. The second-order valence-electron chi connectivity index (χ2n) is 6.26. The van der Waals surface area contributed by atoms with E-state index < -0.39 is 0 Å². The number of nitrogens with zero attached hydrogens (tertiary/aromatic N) is 1. The number of benzene rings is 1. The Morgan fingerprint density at radius 2 is 1.96 bits per heavy atom. The molecule has 0 aromatic heterocycles. The van der Waals surface area contributed by atoms with Gasteiger partial charge in [0.2, 0.25) is 0 Å². The third-order valence-corrected chi connectivity index (χ3v) is 3.88. The van der Waals surface area contributed by atoms with E-state index in [1.807, 2.05) is 38.1 Å². The van der Waals surface area contributed by atoms with E-state index in [1.54, 1.807) is 7.11 Å². The molecule has 0 spiro atoms. The Morgan fingerprint density at radius 1 is 1.30 bits per heavy atom. The van der Waals surface area contributed by atoms with E-state index in [-0.39, 0.29) is 30.1 Å². The highest BCUT2D eigenvalue weighted by Crippen LogP contribution is 2.48. The smallest absolute Gasteiger partial charge is 0.193 e. The first-order valence-corrected chi connectivity index (χ1v) is 7.86. The third kappa shape index (κ3) is 6.95. The standard InChI is InChI=1S/C17H27N3O2.HI/c1-13(2)22-15-6-4-14(5-7-15)20-16(18)19-12-17(8-9-17)10-11-21-3;/h4-7,13H,8-12H2,1-3H3,(H3,18,19,20);1H. The van der Waals surface area contributed by atoms with Crippen molar-refractivity contribution in [3.05, 3.63) is 24.3 Å². The Labute approximate surface area is 156 Å². The van der Waals surface area contributed by atoms with Gasteiger partial charge >= 0.3 is 0 Å². The average molecular weight is 433 g/mol. The van der Waals surface area contributed by atoms with Gasteiger partial charge in [0.25, 0.3) is 0 Å². The molecule has 0 saturated heterocycles. The lowest BCUT2D eigenvalue weighted by Crippen LogP contribution is -2.24. The molecule has 0 heterocycles. The summed E-state index contributed by atoms with van der Waals surface area (Å²) in [5.74, 6) is 1.31. The van der Waals surface area contributed by atoms with Crippen LogP contribution in [-0.4, -0.2) is 32.3 Å². The summed E-state index contributed by atoms with van der Waals surface area (Å²) in [7, 11) is 1.74. The molecule has 0 aliphatic heterocycles. The summed E-state index contributed by atoms with van der Waals surface area (Å²) >= 11 is 0. The number of ether oxygens (including phenoxy) is 2. The summed E-state index contributed by atoms with van der Waals surface area (Å²) in [4.78, 5) is 4.47. The van der Waals surface area contributed by atoms with Crippen LogP contribution in [0, 0.1) is 5.41 Å². The van der Waals surface area contributed by atoms with Gasteiger partial charge < -0.3 is 20.5 Å². The SMILES string of the molecule is COCCC1(CN=C(N)Nc2ccc(OC(C)C)cc2)CC1.I. The van der Waals surface area contributed by atoms with E-state index in [1.165, 1.54) is 12.8 Å². The Hall–Kier alpha value is -1.02. The van der Waals surface area contributed by atoms with Gasteiger partial charge in [-0.3, -0.25) is 4.99 Å². The molecule has 1 aromatic carbocycles. The summed E-state index contributed by atoms with van der Waals surface area (Å²) in [6.45, 7) is 5.58. The van der Waals surface area contributed by atoms with Gasteiger partial charge in [-0.25, -0.2) is 0 Å². The van der Waals surface area contributed by atoms with E-state index >= 15 is 0 Å². The number of nitrogens with two attached hydrogens (primary N) is 1. The highest BCUT2D eigenvalue weighted by molar-refractivity contribution is 14.0. The molecule has 23 heavy (non-hydrogen) atoms. The number of hydrogen-bond donors (Lipinski definition) is 2. The maximum atomic E-state index is 5.96. The molecule has 3 N–H and O–H groups in total. The topological polar surface area (TPSA) is 68.9 Å². The first kappa shape index (κ1) is 20.0. The zero-order valence-electron chi connectivity index (χ0n) is 14.2. The first-order chi connectivity index (χ1) is 10.5. The van der Waals surface area contributed by atoms with Crippen LogP contribution in [0.1, 0.15) is 33.1 Å². The Bertz CT molecular complexity index is 499. The van der Waals surface area contributed by atoms with Crippen LogP contribution in [0.5, 0.6) is 5.75 Å². The van der Waals surface area contributed by atoms with Crippen molar-refractivity contribution in [3.8, 4) is 5.75 Å². The number of hydrogen-bond acceptors (Lipinski definition) is 3. The highest BCUT2D eigenvalue weighted by atomic mass is 127. The minimum Gasteiger partial charge on any atom is -0.491 e. The minimum absolute atomic E-state index is 0. The molecule has 1 aromatic rings. The highest BCUT2D eigenvalue weighted by Gasteiger charge is 2.41. The fraction of sp³-hybridized carbons (Fsp3) is 0.588. The monoisotopic (exact) mass is 433 g/mol. The number of aliphatic imine (C=N–C) groups is 1. The van der Waals surface area contributed by atoms with Gasteiger partial charge in [0.1, 0.15) is 5.75 Å². The Balaban J connectivity index is 0.00000264. The van der Waals surface area contributed by atoms with Crippen molar-refractivity contribution in [2.45, 2.75) is 39.2 Å². The third-order valence-electron chi connectivity index (χ3n) is 3.88. The van der Waals surface area contributed by atoms with Crippen molar-refractivity contribution >= 4 is 35.6 Å². The molecule has 1 aliphatic carbocycles. The van der Waals surface area contributed by atoms with E-state index in [4.69, 9.17) is 15.2 Å². The Morgan fingerprint density at radius 3 is 2.48 bits per heavy atom. The molecule has 6 heteroatoms. The summed E-state index contributed by atoms with van der Waals surface area (Å²) in [5.41, 5.74) is 7.20. The van der Waals surface area contributed by atoms with Crippen molar-refractivity contribution in [2.24, 2.45) is 16.1 Å². The van der Waals surface area contributed by atoms with Gasteiger partial charge in [-0.1, -0.05) is 0 Å². The number of anilines is 1. The van der Waals surface area contributed by atoms with E-state index in [0.717, 1.165) is 31.0 Å². The summed E-state index contributed by atoms with van der Waals surface area (Å²) in [5, 5.41) is 3.12. The molecule has 0 atom stereocenters. The second-order valence-corrected chi connectivity index (χ2v) is 6.26. The summed E-state index contributed by atoms with van der Waals surface area (Å²) < 4.78 is 10.8. The molecular weight excluding hydrogens is 405 g/mol. The molecule has 5 nitrogen and oxygen atoms in total. The van der Waals surface area contributed by atoms with Crippen LogP contribution in [0.25, 0.3) is 0 Å². The van der Waals surface area contributed by atoms with Crippen molar-refractivity contribution in [1.82, 2.24) is 0 Å². The first-order valence-electron chi connectivity index (χ1n) is 7.86. The molecule has 0 amide bonds. The number of rotatable bonds is 8. The van der Waals surface area contributed by atoms with Crippen LogP contribution in [0.3, 0.4) is 0 Å². The number of guanidine groups is 1. The largest absolute Gasteiger partial charge is 0.491 e. The van der Waals surface area contributed by atoms with Crippen LogP contribution in [-0.2, 0) is 4.74 Å².